The summed E-state index contributed by atoms with van der Waals surface area (Å²) < 4.78 is 22.7. The predicted molar refractivity (Wildman–Crippen MR) is 122 cm³/mol. The molecule has 3 amide bonds. The molecule has 33 heavy (non-hydrogen) atoms. The van der Waals surface area contributed by atoms with Gasteiger partial charge < -0.3 is 10.2 Å². The van der Waals surface area contributed by atoms with Gasteiger partial charge in [0.1, 0.15) is 0 Å². The largest absolute Gasteiger partial charge is 0.312 e. The van der Waals surface area contributed by atoms with Crippen molar-refractivity contribution in [3.8, 4) is 0 Å². The summed E-state index contributed by atoms with van der Waals surface area (Å²) in [5, 5.41) is 8.22. The number of benzene rings is 2. The Hall–Kier alpha value is -3.08. The SMILES string of the molecule is NS(=O)(=O)c1ccc(CCN[C@@H]2CC(=O)N(Cc3ccc(N4CCCC4=O)cc3)C2=O)cc1. The number of amides is 3. The maximum atomic E-state index is 12.7. The van der Waals surface area contributed by atoms with Gasteiger partial charge in [-0.05, 0) is 54.8 Å². The first-order valence-electron chi connectivity index (χ1n) is 10.8. The van der Waals surface area contributed by atoms with Gasteiger partial charge in [-0.25, -0.2) is 13.6 Å². The highest BCUT2D eigenvalue weighted by molar-refractivity contribution is 7.89. The predicted octanol–water partition coefficient (Wildman–Crippen LogP) is 0.921. The van der Waals surface area contributed by atoms with Gasteiger partial charge in [-0.2, -0.15) is 0 Å². The number of primary sulfonamides is 1. The Bertz CT molecular complexity index is 1160. The van der Waals surface area contributed by atoms with Crippen LogP contribution in [-0.4, -0.2) is 50.2 Å². The third kappa shape index (κ3) is 5.29. The molecule has 4 rings (SSSR count). The monoisotopic (exact) mass is 470 g/mol. The summed E-state index contributed by atoms with van der Waals surface area (Å²) in [7, 11) is -3.73. The maximum absolute atomic E-state index is 12.7. The molecule has 2 aromatic rings. The van der Waals surface area contributed by atoms with Crippen molar-refractivity contribution in [2.45, 2.75) is 43.2 Å². The molecule has 3 N–H and O–H groups in total. The van der Waals surface area contributed by atoms with Crippen LogP contribution in [0.15, 0.2) is 53.4 Å². The molecular formula is C23H26N4O5S. The minimum atomic E-state index is -3.73. The molecule has 1 atom stereocenters. The van der Waals surface area contributed by atoms with Crippen LogP contribution in [0.1, 0.15) is 30.4 Å². The lowest BCUT2D eigenvalue weighted by Gasteiger charge is -2.18. The number of sulfonamides is 1. The summed E-state index contributed by atoms with van der Waals surface area (Å²) in [6.07, 6.45) is 2.09. The highest BCUT2D eigenvalue weighted by Crippen LogP contribution is 2.23. The van der Waals surface area contributed by atoms with Crippen molar-refractivity contribution in [2.75, 3.05) is 18.0 Å². The average Bonchev–Trinajstić information content (AvgIpc) is 3.32. The van der Waals surface area contributed by atoms with E-state index >= 15 is 0 Å². The van der Waals surface area contributed by atoms with Crippen LogP contribution in [0.2, 0.25) is 0 Å². The van der Waals surface area contributed by atoms with Gasteiger partial charge >= 0.3 is 0 Å². The Balaban J connectivity index is 1.30. The van der Waals surface area contributed by atoms with E-state index in [1.165, 1.54) is 17.0 Å². The zero-order valence-electron chi connectivity index (χ0n) is 18.1. The van der Waals surface area contributed by atoms with Gasteiger partial charge in [-0.3, -0.25) is 19.3 Å². The van der Waals surface area contributed by atoms with E-state index in [-0.39, 0.29) is 35.6 Å². The molecule has 0 aliphatic carbocycles. The van der Waals surface area contributed by atoms with E-state index < -0.39 is 16.1 Å². The Morgan fingerprint density at radius 2 is 1.61 bits per heavy atom. The highest BCUT2D eigenvalue weighted by atomic mass is 32.2. The Labute approximate surface area is 192 Å². The minimum Gasteiger partial charge on any atom is -0.312 e. The van der Waals surface area contributed by atoms with Crippen molar-refractivity contribution in [3.05, 3.63) is 59.7 Å². The molecular weight excluding hydrogens is 444 g/mol. The number of carbonyl (C=O) groups excluding carboxylic acids is 3. The van der Waals surface area contributed by atoms with Gasteiger partial charge in [-0.15, -0.1) is 0 Å². The summed E-state index contributed by atoms with van der Waals surface area (Å²) in [4.78, 5) is 40.1. The van der Waals surface area contributed by atoms with Crippen LogP contribution in [0.5, 0.6) is 0 Å². The van der Waals surface area contributed by atoms with Crippen LogP contribution in [-0.2, 0) is 37.4 Å². The number of likely N-dealkylation sites (tertiary alicyclic amines) is 1. The molecule has 2 aliphatic heterocycles. The third-order valence-electron chi connectivity index (χ3n) is 5.96. The fraction of sp³-hybridized carbons (Fsp3) is 0.348. The zero-order chi connectivity index (χ0) is 23.6. The lowest BCUT2D eigenvalue weighted by atomic mass is 10.1. The molecule has 2 fully saturated rings. The average molecular weight is 471 g/mol. The second kappa shape index (κ2) is 9.42. The lowest BCUT2D eigenvalue weighted by molar-refractivity contribution is -0.139. The molecule has 0 unspecified atom stereocenters. The first-order chi connectivity index (χ1) is 15.7. The van der Waals surface area contributed by atoms with E-state index in [4.69, 9.17) is 5.14 Å². The van der Waals surface area contributed by atoms with Crippen molar-refractivity contribution < 1.29 is 22.8 Å². The zero-order valence-corrected chi connectivity index (χ0v) is 18.9. The minimum absolute atomic E-state index is 0.0477. The number of anilines is 1. The molecule has 0 spiro atoms. The molecule has 2 heterocycles. The Morgan fingerprint density at radius 1 is 0.939 bits per heavy atom. The van der Waals surface area contributed by atoms with E-state index in [2.05, 4.69) is 5.32 Å². The van der Waals surface area contributed by atoms with Gasteiger partial charge in [0.05, 0.1) is 23.9 Å². The number of hydrogen-bond acceptors (Lipinski definition) is 6. The fourth-order valence-corrected chi connectivity index (χ4v) is 4.65. The van der Waals surface area contributed by atoms with E-state index in [9.17, 15) is 22.8 Å². The Kier molecular flexibility index (Phi) is 6.59. The fourth-order valence-electron chi connectivity index (χ4n) is 4.13. The van der Waals surface area contributed by atoms with Crippen LogP contribution >= 0.6 is 0 Å². The molecule has 0 aromatic heterocycles. The van der Waals surface area contributed by atoms with Gasteiger partial charge in [0, 0.05) is 18.7 Å². The van der Waals surface area contributed by atoms with E-state index in [1.54, 1.807) is 17.0 Å². The van der Waals surface area contributed by atoms with Gasteiger partial charge in [0.15, 0.2) is 0 Å². The van der Waals surface area contributed by atoms with Crippen molar-refractivity contribution in [2.24, 2.45) is 5.14 Å². The van der Waals surface area contributed by atoms with Crippen molar-refractivity contribution in [1.82, 2.24) is 10.2 Å². The molecule has 0 radical (unpaired) electrons. The number of nitrogens with zero attached hydrogens (tertiary/aromatic N) is 2. The first-order valence-corrected chi connectivity index (χ1v) is 12.4. The molecule has 174 valence electrons. The van der Waals surface area contributed by atoms with Crippen molar-refractivity contribution >= 4 is 33.4 Å². The molecule has 2 aliphatic rings. The Morgan fingerprint density at radius 3 is 2.21 bits per heavy atom. The van der Waals surface area contributed by atoms with E-state index in [0.29, 0.717) is 25.9 Å². The molecule has 0 saturated carbocycles. The summed E-state index contributed by atoms with van der Waals surface area (Å²) in [5.74, 6) is -0.376. The molecule has 2 saturated heterocycles. The normalized spacial score (nSPS) is 19.1. The quantitative estimate of drug-likeness (QED) is 0.552. The summed E-state index contributed by atoms with van der Waals surface area (Å²) in [6.45, 7) is 1.37. The number of imide groups is 1. The number of hydrogen-bond donors (Lipinski definition) is 2. The number of nitrogens with two attached hydrogens (primary N) is 1. The van der Waals surface area contributed by atoms with Gasteiger partial charge in [-0.1, -0.05) is 24.3 Å². The van der Waals surface area contributed by atoms with Crippen LogP contribution in [0.3, 0.4) is 0 Å². The van der Waals surface area contributed by atoms with E-state index in [0.717, 1.165) is 23.2 Å². The lowest BCUT2D eigenvalue weighted by Crippen LogP contribution is -2.39. The maximum Gasteiger partial charge on any atom is 0.247 e. The number of carbonyl (C=O) groups is 3. The first kappa shape index (κ1) is 23.1. The van der Waals surface area contributed by atoms with Crippen molar-refractivity contribution in [1.29, 1.82) is 0 Å². The number of nitrogens with one attached hydrogen (secondary N) is 1. The molecule has 0 bridgehead atoms. The summed E-state index contributed by atoms with van der Waals surface area (Å²) in [5.41, 5.74) is 2.54. The summed E-state index contributed by atoms with van der Waals surface area (Å²) >= 11 is 0. The van der Waals surface area contributed by atoms with Gasteiger partial charge in [0.25, 0.3) is 0 Å². The standard InChI is InChI=1S/C23H26N4O5S/c24-33(31,32)19-9-5-16(6-10-19)11-12-25-20-14-22(29)27(23(20)30)15-17-3-7-18(8-4-17)26-13-1-2-21(26)28/h3-10,20,25H,1-2,11-15H2,(H2,24,31,32)/t20-/m1/s1. The van der Waals surface area contributed by atoms with Crippen LogP contribution in [0.4, 0.5) is 5.69 Å². The van der Waals surface area contributed by atoms with Crippen LogP contribution in [0, 0.1) is 0 Å². The van der Waals surface area contributed by atoms with Gasteiger partial charge in [0.2, 0.25) is 27.7 Å². The van der Waals surface area contributed by atoms with Crippen molar-refractivity contribution in [3.63, 3.8) is 0 Å². The molecule has 2 aromatic carbocycles. The molecule has 10 heteroatoms. The molecule has 9 nitrogen and oxygen atoms in total. The highest BCUT2D eigenvalue weighted by Gasteiger charge is 2.38. The topological polar surface area (TPSA) is 130 Å². The summed E-state index contributed by atoms with van der Waals surface area (Å²) in [6, 6.07) is 13.0. The van der Waals surface area contributed by atoms with Crippen LogP contribution in [0.25, 0.3) is 0 Å². The number of rotatable bonds is 8. The second-order valence-corrected chi connectivity index (χ2v) is 9.84. The smallest absolute Gasteiger partial charge is 0.247 e. The van der Waals surface area contributed by atoms with E-state index in [1.807, 2.05) is 24.3 Å². The van der Waals surface area contributed by atoms with Crippen LogP contribution < -0.4 is 15.4 Å². The second-order valence-electron chi connectivity index (χ2n) is 8.28. The third-order valence-corrected chi connectivity index (χ3v) is 6.89.